The van der Waals surface area contributed by atoms with Crippen LogP contribution in [0.15, 0.2) is 63.8 Å². The first-order valence-electron chi connectivity index (χ1n) is 10.5. The van der Waals surface area contributed by atoms with E-state index in [2.05, 4.69) is 15.2 Å². The first-order valence-corrected chi connectivity index (χ1v) is 10.5. The SMILES string of the molecule is O=C(CCc1nnc(-c2ccccc2)o1)N1CCC(n2c(=O)[nH]c3ccccc32)CC1. The van der Waals surface area contributed by atoms with Crippen molar-refractivity contribution in [3.8, 4) is 11.5 Å². The van der Waals surface area contributed by atoms with Crippen molar-refractivity contribution in [2.45, 2.75) is 31.7 Å². The number of benzene rings is 2. The van der Waals surface area contributed by atoms with Gasteiger partial charge in [0.15, 0.2) is 0 Å². The molecule has 0 saturated carbocycles. The van der Waals surface area contributed by atoms with E-state index in [0.29, 0.717) is 37.7 Å². The Morgan fingerprint density at radius 2 is 1.77 bits per heavy atom. The number of piperidine rings is 1. The second-order valence-electron chi connectivity index (χ2n) is 7.80. The van der Waals surface area contributed by atoms with E-state index in [4.69, 9.17) is 4.42 Å². The number of aromatic amines is 1. The van der Waals surface area contributed by atoms with Crippen LogP contribution in [-0.2, 0) is 11.2 Å². The minimum atomic E-state index is -0.0865. The van der Waals surface area contributed by atoms with Crippen LogP contribution in [0.4, 0.5) is 0 Å². The molecule has 8 nitrogen and oxygen atoms in total. The number of imidazole rings is 1. The number of likely N-dealkylation sites (tertiary alicyclic amines) is 1. The van der Waals surface area contributed by atoms with Crippen LogP contribution in [0.3, 0.4) is 0 Å². The van der Waals surface area contributed by atoms with Crippen LogP contribution >= 0.6 is 0 Å². The van der Waals surface area contributed by atoms with Crippen LogP contribution in [0.1, 0.15) is 31.2 Å². The second-order valence-corrected chi connectivity index (χ2v) is 7.80. The molecule has 158 valence electrons. The lowest BCUT2D eigenvalue weighted by Gasteiger charge is -2.32. The average molecular weight is 417 g/mol. The fraction of sp³-hybridized carbons (Fsp3) is 0.304. The number of nitrogens with zero attached hydrogens (tertiary/aromatic N) is 4. The molecular formula is C23H23N5O3. The summed E-state index contributed by atoms with van der Waals surface area (Å²) in [6, 6.07) is 17.4. The monoisotopic (exact) mass is 417 g/mol. The minimum Gasteiger partial charge on any atom is -0.421 e. The van der Waals surface area contributed by atoms with Gasteiger partial charge in [-0.2, -0.15) is 0 Å². The highest BCUT2D eigenvalue weighted by Crippen LogP contribution is 2.25. The van der Waals surface area contributed by atoms with Gasteiger partial charge >= 0.3 is 5.69 Å². The Morgan fingerprint density at radius 3 is 2.58 bits per heavy atom. The molecule has 1 amide bonds. The van der Waals surface area contributed by atoms with E-state index in [1.807, 2.05) is 64.1 Å². The molecule has 0 atom stereocenters. The molecule has 1 N–H and O–H groups in total. The summed E-state index contributed by atoms with van der Waals surface area (Å²) in [5.74, 6) is 1.00. The zero-order chi connectivity index (χ0) is 21.2. The Balaban J connectivity index is 1.18. The van der Waals surface area contributed by atoms with Gasteiger partial charge in [0.05, 0.1) is 11.0 Å². The molecule has 8 heteroatoms. The lowest BCUT2D eigenvalue weighted by molar-refractivity contribution is -0.132. The molecule has 31 heavy (non-hydrogen) atoms. The van der Waals surface area contributed by atoms with Crippen LogP contribution in [0.5, 0.6) is 0 Å². The summed E-state index contributed by atoms with van der Waals surface area (Å²) < 4.78 is 7.53. The summed E-state index contributed by atoms with van der Waals surface area (Å²) in [6.45, 7) is 1.27. The number of aromatic nitrogens is 4. The number of fused-ring (bicyclic) bond motifs is 1. The van der Waals surface area contributed by atoms with Crippen LogP contribution in [-0.4, -0.2) is 43.6 Å². The lowest BCUT2D eigenvalue weighted by atomic mass is 10.0. The van der Waals surface area contributed by atoms with Crippen molar-refractivity contribution in [3.05, 3.63) is 71.0 Å². The van der Waals surface area contributed by atoms with Crippen molar-refractivity contribution in [2.75, 3.05) is 13.1 Å². The number of nitrogens with one attached hydrogen (secondary N) is 1. The van der Waals surface area contributed by atoms with Gasteiger partial charge in [-0.3, -0.25) is 9.36 Å². The standard InChI is InChI=1S/C23H23N5O3/c29-21(11-10-20-25-26-22(31-20)16-6-2-1-3-7-16)27-14-12-17(13-15-27)28-19-9-5-4-8-18(19)24-23(28)30/h1-9,17H,10-15H2,(H,24,30). The van der Waals surface area contributed by atoms with Gasteiger partial charge in [-0.1, -0.05) is 30.3 Å². The maximum absolute atomic E-state index is 12.7. The molecule has 5 rings (SSSR count). The third-order valence-corrected chi connectivity index (χ3v) is 5.85. The van der Waals surface area contributed by atoms with Crippen molar-refractivity contribution in [1.29, 1.82) is 0 Å². The van der Waals surface area contributed by atoms with Crippen LogP contribution in [0.2, 0.25) is 0 Å². The number of hydrogen-bond acceptors (Lipinski definition) is 5. The number of aryl methyl sites for hydroxylation is 1. The topological polar surface area (TPSA) is 97.0 Å². The molecule has 1 aliphatic heterocycles. The van der Waals surface area contributed by atoms with E-state index in [9.17, 15) is 9.59 Å². The quantitative estimate of drug-likeness (QED) is 0.538. The molecule has 1 fully saturated rings. The fourth-order valence-corrected chi connectivity index (χ4v) is 4.23. The van der Waals surface area contributed by atoms with E-state index < -0.39 is 0 Å². The summed E-state index contributed by atoms with van der Waals surface area (Å²) in [7, 11) is 0. The Labute approximate surface area is 178 Å². The average Bonchev–Trinajstić information content (AvgIpc) is 3.42. The van der Waals surface area contributed by atoms with E-state index in [-0.39, 0.29) is 17.6 Å². The Hall–Kier alpha value is -3.68. The predicted octanol–water partition coefficient (Wildman–Crippen LogP) is 3.18. The normalized spacial score (nSPS) is 14.9. The lowest BCUT2D eigenvalue weighted by Crippen LogP contribution is -2.40. The molecule has 1 aliphatic rings. The first-order chi connectivity index (χ1) is 15.2. The zero-order valence-electron chi connectivity index (χ0n) is 17.0. The molecule has 0 spiro atoms. The van der Waals surface area contributed by atoms with E-state index in [1.54, 1.807) is 0 Å². The highest BCUT2D eigenvalue weighted by molar-refractivity contribution is 5.77. The van der Waals surface area contributed by atoms with Gasteiger partial charge in [0.25, 0.3) is 0 Å². The molecule has 3 heterocycles. The molecule has 2 aromatic heterocycles. The molecule has 2 aromatic carbocycles. The number of para-hydroxylation sites is 2. The molecule has 0 aliphatic carbocycles. The maximum atomic E-state index is 12.7. The van der Waals surface area contributed by atoms with E-state index >= 15 is 0 Å². The minimum absolute atomic E-state index is 0.0733. The zero-order valence-corrected chi connectivity index (χ0v) is 17.0. The van der Waals surface area contributed by atoms with Gasteiger partial charge in [0.1, 0.15) is 0 Å². The number of carbonyl (C=O) groups is 1. The van der Waals surface area contributed by atoms with Gasteiger partial charge in [-0.05, 0) is 37.1 Å². The first kappa shape index (κ1) is 19.3. The third kappa shape index (κ3) is 3.88. The van der Waals surface area contributed by atoms with Crippen LogP contribution < -0.4 is 5.69 Å². The summed E-state index contributed by atoms with van der Waals surface area (Å²) in [6.07, 6.45) is 2.26. The Kier molecular flexibility index (Phi) is 5.11. The van der Waals surface area contributed by atoms with Gasteiger partial charge in [-0.15, -0.1) is 10.2 Å². The van der Waals surface area contributed by atoms with Crippen molar-refractivity contribution in [1.82, 2.24) is 24.6 Å². The van der Waals surface area contributed by atoms with Gasteiger partial charge in [-0.25, -0.2) is 4.79 Å². The summed E-state index contributed by atoms with van der Waals surface area (Å²) in [5, 5.41) is 8.14. The van der Waals surface area contributed by atoms with Crippen LogP contribution in [0.25, 0.3) is 22.5 Å². The summed E-state index contributed by atoms with van der Waals surface area (Å²) >= 11 is 0. The molecule has 4 aromatic rings. The van der Waals surface area contributed by atoms with Crippen LogP contribution in [0, 0.1) is 0 Å². The third-order valence-electron chi connectivity index (χ3n) is 5.85. The number of amides is 1. The highest BCUT2D eigenvalue weighted by atomic mass is 16.4. The van der Waals surface area contributed by atoms with Gasteiger partial charge < -0.3 is 14.3 Å². The number of rotatable bonds is 5. The highest BCUT2D eigenvalue weighted by Gasteiger charge is 2.26. The van der Waals surface area contributed by atoms with Crippen molar-refractivity contribution in [3.63, 3.8) is 0 Å². The largest absolute Gasteiger partial charge is 0.421 e. The summed E-state index contributed by atoms with van der Waals surface area (Å²) in [5.41, 5.74) is 2.54. The van der Waals surface area contributed by atoms with Crippen molar-refractivity contribution < 1.29 is 9.21 Å². The predicted molar refractivity (Wildman–Crippen MR) is 115 cm³/mol. The second kappa shape index (κ2) is 8.22. The number of hydrogen-bond donors (Lipinski definition) is 1. The Morgan fingerprint density at radius 1 is 1.03 bits per heavy atom. The van der Waals surface area contributed by atoms with Gasteiger partial charge in [0.2, 0.25) is 17.7 Å². The van der Waals surface area contributed by atoms with E-state index in [0.717, 1.165) is 29.4 Å². The molecule has 1 saturated heterocycles. The summed E-state index contributed by atoms with van der Waals surface area (Å²) in [4.78, 5) is 29.9. The Bertz CT molecular complexity index is 1250. The molecular weight excluding hydrogens is 394 g/mol. The van der Waals surface area contributed by atoms with Crippen molar-refractivity contribution in [2.24, 2.45) is 0 Å². The molecule has 0 radical (unpaired) electrons. The fourth-order valence-electron chi connectivity index (χ4n) is 4.23. The number of carbonyl (C=O) groups excluding carboxylic acids is 1. The maximum Gasteiger partial charge on any atom is 0.326 e. The smallest absolute Gasteiger partial charge is 0.326 e. The molecule has 0 bridgehead atoms. The van der Waals surface area contributed by atoms with Crippen molar-refractivity contribution >= 4 is 16.9 Å². The molecule has 0 unspecified atom stereocenters. The number of H-pyrrole nitrogens is 1. The van der Waals surface area contributed by atoms with E-state index in [1.165, 1.54) is 0 Å². The van der Waals surface area contributed by atoms with Gasteiger partial charge in [0, 0.05) is 37.5 Å².